The molecule has 0 heterocycles. The molecule has 27 heavy (non-hydrogen) atoms. The number of carbonyl (C=O) groups is 1. The number of guanidine groups is 1. The number of hydrogen-bond donors (Lipinski definition) is 3. The monoisotopic (exact) mass is 378 g/mol. The quantitative estimate of drug-likeness (QED) is 0.278. The number of benzene rings is 1. The summed E-state index contributed by atoms with van der Waals surface area (Å²) in [5.74, 6) is 0.638. The topological polar surface area (TPSA) is 84.0 Å². The van der Waals surface area contributed by atoms with Crippen molar-refractivity contribution in [3.05, 3.63) is 35.4 Å². The highest BCUT2D eigenvalue weighted by molar-refractivity contribution is 5.94. The zero-order valence-corrected chi connectivity index (χ0v) is 16.8. The van der Waals surface area contributed by atoms with Gasteiger partial charge in [-0.15, -0.1) is 0 Å². The molecule has 1 amide bonds. The van der Waals surface area contributed by atoms with Crippen molar-refractivity contribution in [1.29, 1.82) is 0 Å². The van der Waals surface area contributed by atoms with E-state index in [2.05, 4.69) is 27.9 Å². The SMILES string of the molecule is CCCCOCCOCCNC(=NC)NCc1cccc(C(=O)NCC)c1. The van der Waals surface area contributed by atoms with Crippen LogP contribution in [0.2, 0.25) is 0 Å². The third kappa shape index (κ3) is 10.6. The molecular weight excluding hydrogens is 344 g/mol. The number of nitrogens with zero attached hydrogens (tertiary/aromatic N) is 1. The molecule has 7 heteroatoms. The molecule has 0 aliphatic carbocycles. The predicted molar refractivity (Wildman–Crippen MR) is 109 cm³/mol. The Morgan fingerprint density at radius 2 is 1.81 bits per heavy atom. The van der Waals surface area contributed by atoms with Crippen molar-refractivity contribution in [3.8, 4) is 0 Å². The minimum absolute atomic E-state index is 0.0577. The number of nitrogens with one attached hydrogen (secondary N) is 3. The summed E-state index contributed by atoms with van der Waals surface area (Å²) in [7, 11) is 1.73. The highest BCUT2D eigenvalue weighted by Crippen LogP contribution is 2.05. The van der Waals surface area contributed by atoms with Gasteiger partial charge >= 0.3 is 0 Å². The van der Waals surface area contributed by atoms with E-state index in [-0.39, 0.29) is 5.91 Å². The first-order valence-corrected chi connectivity index (χ1v) is 9.68. The molecule has 0 bridgehead atoms. The highest BCUT2D eigenvalue weighted by Gasteiger charge is 2.05. The van der Waals surface area contributed by atoms with Crippen LogP contribution in [-0.4, -0.2) is 58.4 Å². The number of aliphatic imine (C=N–C) groups is 1. The minimum atomic E-state index is -0.0577. The molecule has 0 radical (unpaired) electrons. The lowest BCUT2D eigenvalue weighted by molar-refractivity contribution is 0.0487. The van der Waals surface area contributed by atoms with Crippen LogP contribution in [0.15, 0.2) is 29.3 Å². The molecule has 0 saturated carbocycles. The number of unbranched alkanes of at least 4 members (excludes halogenated alkanes) is 1. The van der Waals surface area contributed by atoms with Gasteiger partial charge in [0, 0.05) is 38.9 Å². The van der Waals surface area contributed by atoms with Crippen LogP contribution in [0.5, 0.6) is 0 Å². The van der Waals surface area contributed by atoms with Crippen LogP contribution in [0.4, 0.5) is 0 Å². The molecule has 1 rings (SSSR count). The summed E-state index contributed by atoms with van der Waals surface area (Å²) in [6, 6.07) is 7.55. The van der Waals surface area contributed by atoms with Crippen LogP contribution in [0.1, 0.15) is 42.6 Å². The Kier molecular flexibility index (Phi) is 12.7. The Balaban J connectivity index is 2.23. The summed E-state index contributed by atoms with van der Waals surface area (Å²) in [4.78, 5) is 16.1. The largest absolute Gasteiger partial charge is 0.379 e. The summed E-state index contributed by atoms with van der Waals surface area (Å²) >= 11 is 0. The third-order valence-electron chi connectivity index (χ3n) is 3.76. The second-order valence-corrected chi connectivity index (χ2v) is 5.99. The molecule has 152 valence electrons. The number of hydrogen-bond acceptors (Lipinski definition) is 4. The van der Waals surface area contributed by atoms with Gasteiger partial charge < -0.3 is 25.4 Å². The molecule has 0 aliphatic heterocycles. The van der Waals surface area contributed by atoms with Crippen LogP contribution < -0.4 is 16.0 Å². The lowest BCUT2D eigenvalue weighted by Crippen LogP contribution is -2.38. The van der Waals surface area contributed by atoms with Crippen molar-refractivity contribution in [2.45, 2.75) is 33.2 Å². The maximum atomic E-state index is 11.9. The fourth-order valence-electron chi connectivity index (χ4n) is 2.30. The van der Waals surface area contributed by atoms with Gasteiger partial charge in [-0.1, -0.05) is 25.5 Å². The molecule has 0 aromatic heterocycles. The number of amides is 1. The Bertz CT molecular complexity index is 564. The second kappa shape index (κ2) is 15.0. The first kappa shape index (κ1) is 22.9. The molecular formula is C20H34N4O3. The Labute approximate surface area is 162 Å². The van der Waals surface area contributed by atoms with E-state index in [0.29, 0.717) is 51.0 Å². The van der Waals surface area contributed by atoms with Crippen LogP contribution in [-0.2, 0) is 16.0 Å². The fraction of sp³-hybridized carbons (Fsp3) is 0.600. The number of ether oxygens (including phenoxy) is 2. The summed E-state index contributed by atoms with van der Waals surface area (Å²) in [5.41, 5.74) is 1.68. The van der Waals surface area contributed by atoms with Crippen LogP contribution in [0.3, 0.4) is 0 Å². The zero-order valence-electron chi connectivity index (χ0n) is 16.8. The van der Waals surface area contributed by atoms with E-state index in [4.69, 9.17) is 9.47 Å². The average molecular weight is 379 g/mol. The van der Waals surface area contributed by atoms with Gasteiger partial charge in [-0.2, -0.15) is 0 Å². The normalized spacial score (nSPS) is 11.3. The smallest absolute Gasteiger partial charge is 0.251 e. The number of carbonyl (C=O) groups excluding carboxylic acids is 1. The van der Waals surface area contributed by atoms with E-state index in [1.165, 1.54) is 0 Å². The first-order valence-electron chi connectivity index (χ1n) is 9.68. The highest BCUT2D eigenvalue weighted by atomic mass is 16.5. The van der Waals surface area contributed by atoms with Gasteiger partial charge in [-0.25, -0.2) is 0 Å². The Morgan fingerprint density at radius 3 is 2.52 bits per heavy atom. The van der Waals surface area contributed by atoms with Crippen molar-refractivity contribution in [3.63, 3.8) is 0 Å². The molecule has 3 N–H and O–H groups in total. The molecule has 1 aromatic carbocycles. The molecule has 1 aromatic rings. The van der Waals surface area contributed by atoms with Crippen molar-refractivity contribution in [1.82, 2.24) is 16.0 Å². The van der Waals surface area contributed by atoms with Gasteiger partial charge in [0.15, 0.2) is 5.96 Å². The van der Waals surface area contributed by atoms with E-state index in [9.17, 15) is 4.79 Å². The Hall–Kier alpha value is -2.12. The van der Waals surface area contributed by atoms with Crippen LogP contribution >= 0.6 is 0 Å². The van der Waals surface area contributed by atoms with Crippen molar-refractivity contribution in [2.24, 2.45) is 4.99 Å². The summed E-state index contributed by atoms with van der Waals surface area (Å²) in [6.45, 7) is 8.53. The molecule has 0 aliphatic rings. The average Bonchev–Trinajstić information content (AvgIpc) is 2.69. The van der Waals surface area contributed by atoms with Crippen molar-refractivity contribution >= 4 is 11.9 Å². The van der Waals surface area contributed by atoms with Gasteiger partial charge in [0.05, 0.1) is 19.8 Å². The van der Waals surface area contributed by atoms with Crippen molar-refractivity contribution < 1.29 is 14.3 Å². The van der Waals surface area contributed by atoms with Gasteiger partial charge in [0.1, 0.15) is 0 Å². The summed E-state index contributed by atoms with van der Waals surface area (Å²) in [5, 5.41) is 9.24. The van der Waals surface area contributed by atoms with Gasteiger partial charge in [-0.05, 0) is 31.0 Å². The second-order valence-electron chi connectivity index (χ2n) is 5.99. The number of rotatable bonds is 13. The predicted octanol–water partition coefficient (Wildman–Crippen LogP) is 1.93. The van der Waals surface area contributed by atoms with Crippen LogP contribution in [0.25, 0.3) is 0 Å². The molecule has 0 fully saturated rings. The van der Waals surface area contributed by atoms with Gasteiger partial charge in [0.2, 0.25) is 0 Å². The lowest BCUT2D eigenvalue weighted by Gasteiger charge is -2.13. The summed E-state index contributed by atoms with van der Waals surface area (Å²) < 4.78 is 11.0. The maximum Gasteiger partial charge on any atom is 0.251 e. The molecule has 0 unspecified atom stereocenters. The summed E-state index contributed by atoms with van der Waals surface area (Å²) in [6.07, 6.45) is 2.24. The first-order chi connectivity index (χ1) is 13.2. The molecule has 7 nitrogen and oxygen atoms in total. The molecule has 0 saturated heterocycles. The Morgan fingerprint density at radius 1 is 1.04 bits per heavy atom. The van der Waals surface area contributed by atoms with E-state index in [0.717, 1.165) is 25.0 Å². The van der Waals surface area contributed by atoms with Gasteiger partial charge in [0.25, 0.3) is 5.91 Å². The van der Waals surface area contributed by atoms with E-state index in [1.54, 1.807) is 7.05 Å². The van der Waals surface area contributed by atoms with E-state index >= 15 is 0 Å². The third-order valence-corrected chi connectivity index (χ3v) is 3.76. The molecule has 0 spiro atoms. The molecule has 0 atom stereocenters. The minimum Gasteiger partial charge on any atom is -0.379 e. The fourth-order valence-corrected chi connectivity index (χ4v) is 2.30. The zero-order chi connectivity index (χ0) is 19.7. The lowest BCUT2D eigenvalue weighted by atomic mass is 10.1. The standard InChI is InChI=1S/C20H34N4O3/c1-4-6-11-26-13-14-27-12-10-23-20(21-3)24-16-17-8-7-9-18(15-17)19(25)22-5-2/h7-9,15H,4-6,10-14,16H2,1-3H3,(H,22,25)(H2,21,23,24). The maximum absolute atomic E-state index is 11.9. The van der Waals surface area contributed by atoms with Crippen LogP contribution in [0, 0.1) is 0 Å². The van der Waals surface area contributed by atoms with Gasteiger partial charge in [-0.3, -0.25) is 9.79 Å². The van der Waals surface area contributed by atoms with Crippen molar-refractivity contribution in [2.75, 3.05) is 46.6 Å². The van der Waals surface area contributed by atoms with E-state index < -0.39 is 0 Å². The van der Waals surface area contributed by atoms with E-state index in [1.807, 2.05) is 31.2 Å².